The van der Waals surface area contributed by atoms with Crippen molar-refractivity contribution in [1.29, 1.82) is 0 Å². The van der Waals surface area contributed by atoms with Crippen molar-refractivity contribution in [3.05, 3.63) is 66.0 Å². The summed E-state index contributed by atoms with van der Waals surface area (Å²) in [7, 11) is 0. The zero-order valence-corrected chi connectivity index (χ0v) is 9.58. The summed E-state index contributed by atoms with van der Waals surface area (Å²) in [6.07, 6.45) is 5.88. The van der Waals surface area contributed by atoms with E-state index in [9.17, 15) is 0 Å². The van der Waals surface area contributed by atoms with Gasteiger partial charge in [-0.15, -0.1) is 0 Å². The molecule has 3 nitrogen and oxygen atoms in total. The van der Waals surface area contributed by atoms with Crippen molar-refractivity contribution < 1.29 is 0 Å². The Morgan fingerprint density at radius 1 is 1.06 bits per heavy atom. The summed E-state index contributed by atoms with van der Waals surface area (Å²) in [5.74, 6) is 0. The second kappa shape index (κ2) is 6.55. The van der Waals surface area contributed by atoms with Crippen LogP contribution in [0.1, 0.15) is 11.3 Å². The van der Waals surface area contributed by atoms with Gasteiger partial charge in [-0.25, -0.2) is 0 Å². The summed E-state index contributed by atoms with van der Waals surface area (Å²) in [4.78, 5) is 0. The van der Waals surface area contributed by atoms with Gasteiger partial charge in [-0.1, -0.05) is 42.5 Å². The van der Waals surface area contributed by atoms with E-state index in [-0.39, 0.29) is 0 Å². The molecule has 0 aliphatic rings. The van der Waals surface area contributed by atoms with Gasteiger partial charge in [-0.2, -0.15) is 10.2 Å². The van der Waals surface area contributed by atoms with Crippen LogP contribution in [-0.4, -0.2) is 16.7 Å². The van der Waals surface area contributed by atoms with Crippen LogP contribution >= 0.6 is 0 Å². The van der Waals surface area contributed by atoms with Gasteiger partial charge in [-0.3, -0.25) is 0 Å². The largest absolute Gasteiger partial charge is 0.308 e. The highest BCUT2D eigenvalue weighted by atomic mass is 15.1. The molecule has 0 amide bonds. The van der Waals surface area contributed by atoms with E-state index in [0.717, 1.165) is 18.8 Å². The van der Waals surface area contributed by atoms with Crippen molar-refractivity contribution >= 4 is 6.08 Å². The molecule has 0 unspecified atom stereocenters. The van der Waals surface area contributed by atoms with Gasteiger partial charge in [0.2, 0.25) is 0 Å². The Labute approximate surface area is 101 Å². The monoisotopic (exact) mass is 225 g/mol. The number of hydrogen-bond donors (Lipinski definition) is 1. The molecule has 2 rings (SSSR count). The van der Waals surface area contributed by atoms with Crippen molar-refractivity contribution in [3.8, 4) is 0 Å². The van der Waals surface area contributed by atoms with Gasteiger partial charge in [0.25, 0.3) is 0 Å². The van der Waals surface area contributed by atoms with E-state index in [2.05, 4.69) is 39.8 Å². The molecule has 3 heteroatoms. The molecule has 0 aliphatic heterocycles. The molecule has 0 fully saturated rings. The van der Waals surface area contributed by atoms with E-state index in [1.165, 1.54) is 5.56 Å². The quantitative estimate of drug-likeness (QED) is 0.793. The lowest BCUT2D eigenvalue weighted by Crippen LogP contribution is -2.13. The van der Waals surface area contributed by atoms with Gasteiger partial charge in [0.05, 0.1) is 5.69 Å². The maximum Gasteiger partial charge on any atom is 0.0769 e. The second-order valence-electron chi connectivity index (χ2n) is 3.66. The lowest BCUT2D eigenvalue weighted by Gasteiger charge is -1.99. The Bertz CT molecular complexity index is 451. The molecule has 0 bridgehead atoms. The minimum absolute atomic E-state index is 0.743. The Morgan fingerprint density at radius 3 is 2.71 bits per heavy atom. The van der Waals surface area contributed by atoms with Crippen LogP contribution in [0.25, 0.3) is 6.08 Å². The average molecular weight is 225 g/mol. The maximum atomic E-state index is 4.00. The highest BCUT2D eigenvalue weighted by molar-refractivity contribution is 5.48. The molecule has 0 spiro atoms. The smallest absolute Gasteiger partial charge is 0.0769 e. The lowest BCUT2D eigenvalue weighted by molar-refractivity contribution is 0.725. The van der Waals surface area contributed by atoms with Crippen LogP contribution in [0, 0.1) is 0 Å². The third kappa shape index (κ3) is 4.17. The number of rotatable bonds is 5. The number of aromatic nitrogens is 2. The molecule has 2 aromatic rings. The lowest BCUT2D eigenvalue weighted by atomic mass is 10.2. The van der Waals surface area contributed by atoms with Gasteiger partial charge >= 0.3 is 0 Å². The van der Waals surface area contributed by atoms with Gasteiger partial charge in [0, 0.05) is 19.3 Å². The number of nitrogens with zero attached hydrogens (tertiary/aromatic N) is 2. The molecular weight excluding hydrogens is 210 g/mol. The summed E-state index contributed by atoms with van der Waals surface area (Å²) in [5, 5.41) is 11.1. The van der Waals surface area contributed by atoms with Crippen LogP contribution in [0.15, 0.2) is 54.7 Å². The van der Waals surface area contributed by atoms with Crippen LogP contribution in [0.2, 0.25) is 0 Å². The fourth-order valence-electron chi connectivity index (χ4n) is 1.47. The summed E-state index contributed by atoms with van der Waals surface area (Å²) < 4.78 is 0. The third-order valence-corrected chi connectivity index (χ3v) is 2.31. The normalized spacial score (nSPS) is 10.8. The van der Waals surface area contributed by atoms with Crippen LogP contribution in [0.4, 0.5) is 0 Å². The fraction of sp³-hybridized carbons (Fsp3) is 0.143. The predicted octanol–water partition coefficient (Wildman–Crippen LogP) is 2.28. The minimum atomic E-state index is 0.743. The minimum Gasteiger partial charge on any atom is -0.308 e. The van der Waals surface area contributed by atoms with Gasteiger partial charge in [0.15, 0.2) is 0 Å². The SMILES string of the molecule is C(=C\c1ccccc1)/CNCc1cccnn1. The fourth-order valence-corrected chi connectivity index (χ4v) is 1.47. The van der Waals surface area contributed by atoms with Crippen LogP contribution < -0.4 is 5.32 Å². The van der Waals surface area contributed by atoms with Gasteiger partial charge < -0.3 is 5.32 Å². The predicted molar refractivity (Wildman–Crippen MR) is 69.2 cm³/mol. The molecule has 17 heavy (non-hydrogen) atoms. The third-order valence-electron chi connectivity index (χ3n) is 2.31. The highest BCUT2D eigenvalue weighted by Crippen LogP contribution is 2.00. The summed E-state index contributed by atoms with van der Waals surface area (Å²) in [6, 6.07) is 14.1. The molecule has 1 aromatic heterocycles. The number of nitrogens with one attached hydrogen (secondary N) is 1. The second-order valence-corrected chi connectivity index (χ2v) is 3.66. The molecule has 86 valence electrons. The number of hydrogen-bond acceptors (Lipinski definition) is 3. The Balaban J connectivity index is 1.72. The summed E-state index contributed by atoms with van der Waals surface area (Å²) in [6.45, 7) is 1.57. The molecule has 0 saturated carbocycles. The molecule has 1 heterocycles. The van der Waals surface area contributed by atoms with E-state index in [4.69, 9.17) is 0 Å². The first-order valence-corrected chi connectivity index (χ1v) is 5.64. The van der Waals surface area contributed by atoms with Crippen LogP contribution in [-0.2, 0) is 6.54 Å². The van der Waals surface area contributed by atoms with Crippen molar-refractivity contribution in [3.63, 3.8) is 0 Å². The molecule has 1 aromatic carbocycles. The Morgan fingerprint density at radius 2 is 1.94 bits per heavy atom. The zero-order valence-electron chi connectivity index (χ0n) is 9.58. The van der Waals surface area contributed by atoms with Crippen molar-refractivity contribution in [2.45, 2.75) is 6.54 Å². The molecule has 0 aliphatic carbocycles. The first-order valence-electron chi connectivity index (χ1n) is 5.64. The maximum absolute atomic E-state index is 4.00. The summed E-state index contributed by atoms with van der Waals surface area (Å²) in [5.41, 5.74) is 2.18. The van der Waals surface area contributed by atoms with E-state index in [1.807, 2.05) is 30.3 Å². The summed E-state index contributed by atoms with van der Waals surface area (Å²) >= 11 is 0. The van der Waals surface area contributed by atoms with Crippen molar-refractivity contribution in [2.24, 2.45) is 0 Å². The van der Waals surface area contributed by atoms with E-state index >= 15 is 0 Å². The molecule has 0 radical (unpaired) electrons. The number of benzene rings is 1. The zero-order chi connectivity index (χ0) is 11.8. The van der Waals surface area contributed by atoms with Crippen molar-refractivity contribution in [2.75, 3.05) is 6.54 Å². The molecule has 1 N–H and O–H groups in total. The van der Waals surface area contributed by atoms with E-state index in [0.29, 0.717) is 0 Å². The van der Waals surface area contributed by atoms with Crippen LogP contribution in [0.5, 0.6) is 0 Å². The van der Waals surface area contributed by atoms with E-state index in [1.54, 1.807) is 6.20 Å². The van der Waals surface area contributed by atoms with Crippen LogP contribution in [0.3, 0.4) is 0 Å². The topological polar surface area (TPSA) is 37.8 Å². The van der Waals surface area contributed by atoms with E-state index < -0.39 is 0 Å². The molecule has 0 saturated heterocycles. The average Bonchev–Trinajstić information content (AvgIpc) is 2.41. The molecular formula is C14H15N3. The van der Waals surface area contributed by atoms with Gasteiger partial charge in [0.1, 0.15) is 0 Å². The molecule has 0 atom stereocenters. The Kier molecular flexibility index (Phi) is 4.43. The highest BCUT2D eigenvalue weighted by Gasteiger charge is 1.90. The first-order chi connectivity index (χ1) is 8.45. The Hall–Kier alpha value is -2.00. The first kappa shape index (κ1) is 11.5. The van der Waals surface area contributed by atoms with Gasteiger partial charge in [-0.05, 0) is 17.7 Å². The van der Waals surface area contributed by atoms with Crippen molar-refractivity contribution in [1.82, 2.24) is 15.5 Å². The standard InChI is InChI=1S/C14H15N3/c1-2-6-13(7-3-1)8-4-10-15-12-14-9-5-11-16-17-14/h1-9,11,15H,10,12H2/b8-4+.